The van der Waals surface area contributed by atoms with Crippen molar-refractivity contribution in [3.05, 3.63) is 52.3 Å². The molecule has 0 unspecified atom stereocenters. The Labute approximate surface area is 146 Å². The Kier molecular flexibility index (Phi) is 6.04. The zero-order valence-corrected chi connectivity index (χ0v) is 14.6. The summed E-state index contributed by atoms with van der Waals surface area (Å²) in [5.41, 5.74) is 3.33. The zero-order chi connectivity index (χ0) is 17.7. The van der Waals surface area contributed by atoms with E-state index in [1.807, 2.05) is 48.7 Å². The highest BCUT2D eigenvalue weighted by Gasteiger charge is 2.16. The molecular weight excluding hydrogens is 328 g/mol. The predicted molar refractivity (Wildman–Crippen MR) is 94.1 cm³/mol. The number of benzene rings is 1. The smallest absolute Gasteiger partial charge is 0.303 e. The maximum absolute atomic E-state index is 12.4. The van der Waals surface area contributed by atoms with Crippen LogP contribution in [0.1, 0.15) is 41.0 Å². The number of hydrogen-bond donors (Lipinski definition) is 2. The van der Waals surface area contributed by atoms with E-state index >= 15 is 0 Å². The summed E-state index contributed by atoms with van der Waals surface area (Å²) in [7, 11) is 0. The summed E-state index contributed by atoms with van der Waals surface area (Å²) in [6, 6.07) is 9.33. The van der Waals surface area contributed by atoms with Gasteiger partial charge in [0.25, 0.3) is 5.91 Å². The molecule has 0 bridgehead atoms. The van der Waals surface area contributed by atoms with E-state index in [1.54, 1.807) is 0 Å². The highest BCUT2D eigenvalue weighted by Crippen LogP contribution is 2.23. The van der Waals surface area contributed by atoms with E-state index in [9.17, 15) is 9.59 Å². The molecule has 1 aromatic heterocycles. The Hall–Kier alpha value is -2.27. The number of carboxylic acid groups (broad SMARTS) is 1. The van der Waals surface area contributed by atoms with Crippen molar-refractivity contribution < 1.29 is 14.7 Å². The van der Waals surface area contributed by atoms with Gasteiger partial charge >= 0.3 is 5.97 Å². The number of nitrogens with zero attached hydrogens (tertiary/aromatic N) is 1. The van der Waals surface area contributed by atoms with E-state index in [2.05, 4.69) is 5.32 Å². The summed E-state index contributed by atoms with van der Waals surface area (Å²) < 4.78 is 1.99. The minimum Gasteiger partial charge on any atom is -0.481 e. The summed E-state index contributed by atoms with van der Waals surface area (Å²) in [5.74, 6) is -0.960. The van der Waals surface area contributed by atoms with Gasteiger partial charge in [0.15, 0.2) is 0 Å². The van der Waals surface area contributed by atoms with E-state index in [-0.39, 0.29) is 12.3 Å². The molecule has 2 N–H and O–H groups in total. The quantitative estimate of drug-likeness (QED) is 0.749. The maximum Gasteiger partial charge on any atom is 0.303 e. The molecule has 0 radical (unpaired) electrons. The number of carbonyl (C=O) groups is 2. The minimum absolute atomic E-state index is 0.124. The van der Waals surface area contributed by atoms with Gasteiger partial charge in [-0.15, -0.1) is 0 Å². The molecule has 0 aliphatic rings. The van der Waals surface area contributed by atoms with E-state index in [0.717, 1.165) is 17.1 Å². The van der Waals surface area contributed by atoms with Crippen LogP contribution in [-0.2, 0) is 4.79 Å². The zero-order valence-electron chi connectivity index (χ0n) is 13.8. The van der Waals surface area contributed by atoms with Crippen LogP contribution in [-0.4, -0.2) is 28.1 Å². The second-order valence-electron chi connectivity index (χ2n) is 5.71. The van der Waals surface area contributed by atoms with Gasteiger partial charge in [0.2, 0.25) is 0 Å². The molecule has 0 aliphatic heterocycles. The summed E-state index contributed by atoms with van der Waals surface area (Å²) in [5, 5.41) is 12.1. The first-order chi connectivity index (χ1) is 11.4. The van der Waals surface area contributed by atoms with Gasteiger partial charge in [0, 0.05) is 35.1 Å². The van der Waals surface area contributed by atoms with Crippen molar-refractivity contribution in [3.63, 3.8) is 0 Å². The van der Waals surface area contributed by atoms with Crippen LogP contribution in [0.2, 0.25) is 5.02 Å². The summed E-state index contributed by atoms with van der Waals surface area (Å²) in [4.78, 5) is 22.8. The van der Waals surface area contributed by atoms with Crippen molar-refractivity contribution in [1.82, 2.24) is 9.88 Å². The molecule has 0 atom stereocenters. The van der Waals surface area contributed by atoms with Crippen LogP contribution in [0.15, 0.2) is 30.3 Å². The van der Waals surface area contributed by atoms with Crippen LogP contribution in [0.25, 0.3) is 5.69 Å². The Bertz CT molecular complexity index is 753. The number of rotatable bonds is 7. The van der Waals surface area contributed by atoms with Crippen molar-refractivity contribution in [2.45, 2.75) is 33.1 Å². The molecule has 2 rings (SSSR count). The molecule has 0 saturated carbocycles. The van der Waals surface area contributed by atoms with Gasteiger partial charge in [-0.1, -0.05) is 17.7 Å². The van der Waals surface area contributed by atoms with Gasteiger partial charge in [-0.05, 0) is 51.0 Å². The van der Waals surface area contributed by atoms with Crippen LogP contribution in [0, 0.1) is 13.8 Å². The highest BCUT2D eigenvalue weighted by molar-refractivity contribution is 6.30. The molecule has 5 nitrogen and oxygen atoms in total. The Morgan fingerprint density at radius 1 is 1.21 bits per heavy atom. The van der Waals surface area contributed by atoms with Crippen LogP contribution >= 0.6 is 11.6 Å². The van der Waals surface area contributed by atoms with Crippen molar-refractivity contribution in [2.24, 2.45) is 0 Å². The largest absolute Gasteiger partial charge is 0.481 e. The number of hydrogen-bond acceptors (Lipinski definition) is 2. The minimum atomic E-state index is -0.814. The molecule has 1 aromatic carbocycles. The summed E-state index contributed by atoms with van der Waals surface area (Å²) >= 11 is 6.05. The lowest BCUT2D eigenvalue weighted by Gasteiger charge is -2.10. The lowest BCUT2D eigenvalue weighted by Crippen LogP contribution is -2.25. The van der Waals surface area contributed by atoms with Gasteiger partial charge in [-0.2, -0.15) is 0 Å². The third-order valence-electron chi connectivity index (χ3n) is 3.85. The van der Waals surface area contributed by atoms with Crippen molar-refractivity contribution in [1.29, 1.82) is 0 Å². The fourth-order valence-electron chi connectivity index (χ4n) is 2.70. The number of aromatic nitrogens is 1. The third-order valence-corrected chi connectivity index (χ3v) is 4.08. The fraction of sp³-hybridized carbons (Fsp3) is 0.333. The monoisotopic (exact) mass is 348 g/mol. The van der Waals surface area contributed by atoms with Crippen LogP contribution < -0.4 is 5.32 Å². The van der Waals surface area contributed by atoms with E-state index in [4.69, 9.17) is 16.7 Å². The number of carbonyl (C=O) groups excluding carboxylic acids is 1. The molecule has 0 saturated heterocycles. The first-order valence-electron chi connectivity index (χ1n) is 7.85. The summed E-state index contributed by atoms with van der Waals surface area (Å²) in [6.45, 7) is 4.30. The molecule has 0 aliphatic carbocycles. The normalized spacial score (nSPS) is 10.6. The highest BCUT2D eigenvalue weighted by atomic mass is 35.5. The number of halogens is 1. The first kappa shape index (κ1) is 18.1. The van der Waals surface area contributed by atoms with Gasteiger partial charge in [0.05, 0.1) is 5.56 Å². The molecule has 128 valence electrons. The number of unbranched alkanes of at least 4 members (excludes halogenated alkanes) is 1. The maximum atomic E-state index is 12.4. The lowest BCUT2D eigenvalue weighted by atomic mass is 10.2. The molecule has 24 heavy (non-hydrogen) atoms. The average Bonchev–Trinajstić information content (AvgIpc) is 2.81. The molecule has 0 spiro atoms. The molecular formula is C18H21ClN2O3. The number of aryl methyl sites for hydroxylation is 1. The van der Waals surface area contributed by atoms with E-state index < -0.39 is 5.97 Å². The SMILES string of the molecule is Cc1cc(C(=O)NCCCCC(=O)O)c(C)n1-c1cccc(Cl)c1. The van der Waals surface area contributed by atoms with Gasteiger partial charge < -0.3 is 15.0 Å². The third kappa shape index (κ3) is 4.38. The standard InChI is InChI=1S/C18H21ClN2O3/c1-12-10-16(18(24)20-9-4-3-8-17(22)23)13(2)21(12)15-7-5-6-14(19)11-15/h5-7,10-11H,3-4,8-9H2,1-2H3,(H,20,24)(H,22,23). The van der Waals surface area contributed by atoms with Crippen LogP contribution in [0.4, 0.5) is 0 Å². The lowest BCUT2D eigenvalue weighted by molar-refractivity contribution is -0.137. The van der Waals surface area contributed by atoms with Crippen LogP contribution in [0.3, 0.4) is 0 Å². The average molecular weight is 349 g/mol. The number of nitrogens with one attached hydrogen (secondary N) is 1. The van der Waals surface area contributed by atoms with Crippen LogP contribution in [0.5, 0.6) is 0 Å². The van der Waals surface area contributed by atoms with Gasteiger partial charge in [-0.3, -0.25) is 9.59 Å². The Morgan fingerprint density at radius 3 is 2.62 bits per heavy atom. The molecule has 0 fully saturated rings. The van der Waals surface area contributed by atoms with Crippen molar-refractivity contribution >= 4 is 23.5 Å². The van der Waals surface area contributed by atoms with Crippen molar-refractivity contribution in [2.75, 3.05) is 6.54 Å². The van der Waals surface area contributed by atoms with Crippen molar-refractivity contribution in [3.8, 4) is 5.69 Å². The topological polar surface area (TPSA) is 71.3 Å². The van der Waals surface area contributed by atoms with Gasteiger partial charge in [-0.25, -0.2) is 0 Å². The number of amides is 1. The number of aliphatic carboxylic acids is 1. The van der Waals surface area contributed by atoms with E-state index in [1.165, 1.54) is 0 Å². The van der Waals surface area contributed by atoms with E-state index in [0.29, 0.717) is 30.0 Å². The molecule has 6 heteroatoms. The molecule has 1 heterocycles. The predicted octanol–water partition coefficient (Wildman–Crippen LogP) is 3.73. The summed E-state index contributed by atoms with van der Waals surface area (Å²) in [6.07, 6.45) is 1.32. The number of carboxylic acids is 1. The second-order valence-corrected chi connectivity index (χ2v) is 6.14. The molecule has 1 amide bonds. The Balaban J connectivity index is 2.08. The Morgan fingerprint density at radius 2 is 1.96 bits per heavy atom. The first-order valence-corrected chi connectivity index (χ1v) is 8.23. The molecule has 2 aromatic rings. The fourth-order valence-corrected chi connectivity index (χ4v) is 2.89. The second kappa shape index (κ2) is 8.02. The van der Waals surface area contributed by atoms with Gasteiger partial charge in [0.1, 0.15) is 0 Å².